The number of aliphatic imine (C=N–C) groups is 1. The van der Waals surface area contributed by atoms with Crippen LogP contribution in [0.4, 0.5) is 5.82 Å². The highest BCUT2D eigenvalue weighted by Crippen LogP contribution is 2.10. The number of hydrogen-bond donors (Lipinski definition) is 2. The van der Waals surface area contributed by atoms with Crippen molar-refractivity contribution in [2.24, 2.45) is 4.99 Å². The van der Waals surface area contributed by atoms with Gasteiger partial charge in [-0.2, -0.15) is 0 Å². The summed E-state index contributed by atoms with van der Waals surface area (Å²) >= 11 is 5.80. The standard InChI is InChI=1S/C18H25ClN6/c1-4-20-18(22-10-7-14-5-6-16(19)23-12-14)24-13-15-8-9-21-17(11-15)25(2)3/h5-6,8-9,11-12H,4,7,10,13H2,1-3H3,(H2,20,22,24). The molecule has 2 N–H and O–H groups in total. The molecule has 0 aliphatic rings. The Kier molecular flexibility index (Phi) is 7.47. The van der Waals surface area contributed by atoms with E-state index in [4.69, 9.17) is 11.6 Å². The maximum absolute atomic E-state index is 5.80. The monoisotopic (exact) mass is 360 g/mol. The van der Waals surface area contributed by atoms with Crippen LogP contribution in [0.3, 0.4) is 0 Å². The SMILES string of the molecule is CCNC(=NCc1ccnc(N(C)C)c1)NCCc1ccc(Cl)nc1. The molecular weight excluding hydrogens is 336 g/mol. The van der Waals surface area contributed by atoms with Gasteiger partial charge >= 0.3 is 0 Å². The van der Waals surface area contributed by atoms with Crippen molar-refractivity contribution in [3.8, 4) is 0 Å². The summed E-state index contributed by atoms with van der Waals surface area (Å²) in [6.45, 7) is 4.24. The van der Waals surface area contributed by atoms with Crippen LogP contribution < -0.4 is 15.5 Å². The number of guanidine groups is 1. The summed E-state index contributed by atoms with van der Waals surface area (Å²) in [4.78, 5) is 15.0. The van der Waals surface area contributed by atoms with Crippen molar-refractivity contribution in [2.45, 2.75) is 19.9 Å². The topological polar surface area (TPSA) is 65.4 Å². The number of anilines is 1. The Hall–Kier alpha value is -2.34. The molecule has 7 heteroatoms. The van der Waals surface area contributed by atoms with Gasteiger partial charge in [0.1, 0.15) is 11.0 Å². The van der Waals surface area contributed by atoms with Gasteiger partial charge in [0.05, 0.1) is 6.54 Å². The molecule has 0 unspecified atom stereocenters. The van der Waals surface area contributed by atoms with Gasteiger partial charge in [0, 0.05) is 39.6 Å². The van der Waals surface area contributed by atoms with Crippen molar-refractivity contribution in [3.63, 3.8) is 0 Å². The zero-order chi connectivity index (χ0) is 18.1. The number of nitrogens with zero attached hydrogens (tertiary/aromatic N) is 4. The fraction of sp³-hybridized carbons (Fsp3) is 0.389. The maximum Gasteiger partial charge on any atom is 0.191 e. The Labute approximate surface area is 154 Å². The summed E-state index contributed by atoms with van der Waals surface area (Å²) in [6.07, 6.45) is 4.47. The highest BCUT2D eigenvalue weighted by Gasteiger charge is 2.01. The third-order valence-electron chi connectivity index (χ3n) is 3.53. The Morgan fingerprint density at radius 1 is 1.16 bits per heavy atom. The van der Waals surface area contributed by atoms with Crippen molar-refractivity contribution < 1.29 is 0 Å². The van der Waals surface area contributed by atoms with Gasteiger partial charge in [-0.25, -0.2) is 15.0 Å². The van der Waals surface area contributed by atoms with Gasteiger partial charge < -0.3 is 15.5 Å². The minimum atomic E-state index is 0.515. The van der Waals surface area contributed by atoms with E-state index in [1.54, 1.807) is 6.20 Å². The first-order chi connectivity index (χ1) is 12.1. The summed E-state index contributed by atoms with van der Waals surface area (Å²) in [5, 5.41) is 7.12. The van der Waals surface area contributed by atoms with Crippen LogP contribution in [0.1, 0.15) is 18.1 Å². The van der Waals surface area contributed by atoms with Gasteiger partial charge in [-0.05, 0) is 42.7 Å². The predicted molar refractivity (Wildman–Crippen MR) is 104 cm³/mol. The third-order valence-corrected chi connectivity index (χ3v) is 3.75. The second-order valence-electron chi connectivity index (χ2n) is 5.78. The highest BCUT2D eigenvalue weighted by molar-refractivity contribution is 6.29. The highest BCUT2D eigenvalue weighted by atomic mass is 35.5. The molecule has 0 aromatic carbocycles. The minimum Gasteiger partial charge on any atom is -0.363 e. The number of aromatic nitrogens is 2. The number of rotatable bonds is 7. The van der Waals surface area contributed by atoms with Crippen LogP contribution in [0.25, 0.3) is 0 Å². The van der Waals surface area contributed by atoms with E-state index < -0.39 is 0 Å². The average Bonchev–Trinajstić information content (AvgIpc) is 2.61. The molecule has 2 heterocycles. The van der Waals surface area contributed by atoms with E-state index in [1.165, 1.54) is 0 Å². The van der Waals surface area contributed by atoms with Crippen LogP contribution in [0.15, 0.2) is 41.7 Å². The Bertz CT molecular complexity index is 684. The summed E-state index contributed by atoms with van der Waals surface area (Å²) in [6, 6.07) is 7.83. The normalized spacial score (nSPS) is 11.3. The van der Waals surface area contributed by atoms with E-state index in [9.17, 15) is 0 Å². The van der Waals surface area contributed by atoms with Crippen LogP contribution in [0.5, 0.6) is 0 Å². The lowest BCUT2D eigenvalue weighted by Gasteiger charge is -2.13. The van der Waals surface area contributed by atoms with Crippen LogP contribution in [-0.2, 0) is 13.0 Å². The molecule has 0 aliphatic carbocycles. The molecule has 134 valence electrons. The van der Waals surface area contributed by atoms with Crippen molar-refractivity contribution in [2.75, 3.05) is 32.1 Å². The van der Waals surface area contributed by atoms with Crippen LogP contribution in [-0.4, -0.2) is 43.1 Å². The fourth-order valence-corrected chi connectivity index (χ4v) is 2.31. The summed E-state index contributed by atoms with van der Waals surface area (Å²) < 4.78 is 0. The van der Waals surface area contributed by atoms with Crippen LogP contribution in [0, 0.1) is 0 Å². The van der Waals surface area contributed by atoms with E-state index in [0.29, 0.717) is 11.7 Å². The first kappa shape index (κ1) is 19.0. The van der Waals surface area contributed by atoms with E-state index in [0.717, 1.165) is 42.4 Å². The predicted octanol–water partition coefficient (Wildman–Crippen LogP) is 2.49. The first-order valence-corrected chi connectivity index (χ1v) is 8.71. The van der Waals surface area contributed by atoms with Gasteiger partial charge in [-0.1, -0.05) is 17.7 Å². The first-order valence-electron chi connectivity index (χ1n) is 8.33. The minimum absolute atomic E-state index is 0.515. The molecule has 6 nitrogen and oxygen atoms in total. The van der Waals surface area contributed by atoms with Gasteiger partial charge in [0.15, 0.2) is 5.96 Å². The van der Waals surface area contributed by atoms with Crippen molar-refractivity contribution in [1.82, 2.24) is 20.6 Å². The van der Waals surface area contributed by atoms with E-state index in [1.807, 2.05) is 49.5 Å². The molecule has 0 spiro atoms. The molecule has 0 atom stereocenters. The Balaban J connectivity index is 1.91. The van der Waals surface area contributed by atoms with Crippen LogP contribution >= 0.6 is 11.6 Å². The summed E-state index contributed by atoms with van der Waals surface area (Å²) in [5.74, 6) is 1.73. The molecule has 0 aliphatic heterocycles. The second kappa shape index (κ2) is 9.84. The Morgan fingerprint density at radius 2 is 2.00 bits per heavy atom. The van der Waals surface area contributed by atoms with Gasteiger partial charge in [-0.15, -0.1) is 0 Å². The fourth-order valence-electron chi connectivity index (χ4n) is 2.20. The molecule has 0 bridgehead atoms. The van der Waals surface area contributed by atoms with Gasteiger partial charge in [0.25, 0.3) is 0 Å². The molecule has 0 amide bonds. The lowest BCUT2D eigenvalue weighted by molar-refractivity contribution is 0.797. The maximum atomic E-state index is 5.80. The second-order valence-corrected chi connectivity index (χ2v) is 6.17. The van der Waals surface area contributed by atoms with E-state index in [2.05, 4.69) is 32.5 Å². The molecule has 2 rings (SSSR count). The summed E-state index contributed by atoms with van der Waals surface area (Å²) in [7, 11) is 3.96. The molecule has 0 fully saturated rings. The van der Waals surface area contributed by atoms with Crippen molar-refractivity contribution >= 4 is 23.4 Å². The zero-order valence-electron chi connectivity index (χ0n) is 15.0. The zero-order valence-corrected chi connectivity index (χ0v) is 15.7. The lowest BCUT2D eigenvalue weighted by Crippen LogP contribution is -2.38. The molecule has 2 aromatic rings. The molecule has 0 saturated carbocycles. The molecular formula is C18H25ClN6. The van der Waals surface area contributed by atoms with Crippen molar-refractivity contribution in [3.05, 3.63) is 52.9 Å². The molecule has 0 radical (unpaired) electrons. The van der Waals surface area contributed by atoms with Gasteiger partial charge in [-0.3, -0.25) is 0 Å². The molecule has 0 saturated heterocycles. The number of nitrogens with one attached hydrogen (secondary N) is 2. The molecule has 25 heavy (non-hydrogen) atoms. The van der Waals surface area contributed by atoms with Gasteiger partial charge in [0.2, 0.25) is 0 Å². The quantitative estimate of drug-likeness (QED) is 0.451. The summed E-state index contributed by atoms with van der Waals surface area (Å²) in [5.41, 5.74) is 2.26. The third kappa shape index (κ3) is 6.58. The number of halogens is 1. The average molecular weight is 361 g/mol. The number of hydrogen-bond acceptors (Lipinski definition) is 4. The lowest BCUT2D eigenvalue weighted by atomic mass is 10.2. The molecule has 2 aromatic heterocycles. The smallest absolute Gasteiger partial charge is 0.191 e. The number of pyridine rings is 2. The van der Waals surface area contributed by atoms with Crippen molar-refractivity contribution in [1.29, 1.82) is 0 Å². The van der Waals surface area contributed by atoms with E-state index in [-0.39, 0.29) is 0 Å². The Morgan fingerprint density at radius 3 is 2.68 bits per heavy atom. The largest absolute Gasteiger partial charge is 0.363 e. The van der Waals surface area contributed by atoms with E-state index >= 15 is 0 Å². The van der Waals surface area contributed by atoms with Crippen LogP contribution in [0.2, 0.25) is 5.15 Å².